The normalized spacial score (nSPS) is 14.8. The summed E-state index contributed by atoms with van der Waals surface area (Å²) in [6.07, 6.45) is -6.92. The van der Waals surface area contributed by atoms with Crippen molar-refractivity contribution in [1.29, 1.82) is 0 Å². The molecular formula is C29H27BrF6N4O6. The largest absolute Gasteiger partial charge is 0.492 e. The smallest absolute Gasteiger partial charge is 0.490 e. The Morgan fingerprint density at radius 3 is 2.00 bits per heavy atom. The highest BCUT2D eigenvalue weighted by molar-refractivity contribution is 9.10. The maximum absolute atomic E-state index is 11.0. The number of nitrogens with one attached hydrogen (secondary N) is 1. The summed E-state index contributed by atoms with van der Waals surface area (Å²) in [5.74, 6) is -3.89. The molecule has 1 aliphatic heterocycles. The zero-order valence-electron chi connectivity index (χ0n) is 23.6. The van der Waals surface area contributed by atoms with Crippen molar-refractivity contribution >= 4 is 39.0 Å². The lowest BCUT2D eigenvalue weighted by Gasteiger charge is -2.38. The molecule has 0 bridgehead atoms. The molecule has 0 radical (unpaired) electrons. The lowest BCUT2D eigenvalue weighted by Crippen LogP contribution is -2.43. The number of ether oxygens (including phenoxy) is 1. The van der Waals surface area contributed by atoms with Crippen molar-refractivity contribution in [1.82, 2.24) is 19.9 Å². The van der Waals surface area contributed by atoms with Gasteiger partial charge in [-0.2, -0.15) is 26.3 Å². The molecule has 0 amide bonds. The Bertz CT molecular complexity index is 1570. The number of piperidine rings is 1. The van der Waals surface area contributed by atoms with Gasteiger partial charge in [-0.25, -0.2) is 19.6 Å². The van der Waals surface area contributed by atoms with Crippen LogP contribution in [0.15, 0.2) is 71.3 Å². The van der Waals surface area contributed by atoms with Gasteiger partial charge in [0, 0.05) is 35.9 Å². The molecule has 0 unspecified atom stereocenters. The zero-order chi connectivity index (χ0) is 34.1. The third-order valence-electron chi connectivity index (χ3n) is 6.59. The highest BCUT2D eigenvalue weighted by Gasteiger charge is 2.39. The van der Waals surface area contributed by atoms with E-state index in [-0.39, 0.29) is 0 Å². The molecule has 248 valence electrons. The lowest BCUT2D eigenvalue weighted by molar-refractivity contribution is -0.193. The average molecular weight is 721 g/mol. The first-order valence-corrected chi connectivity index (χ1v) is 14.1. The van der Waals surface area contributed by atoms with Crippen LogP contribution < -0.4 is 4.74 Å². The molecule has 46 heavy (non-hydrogen) atoms. The number of benzene rings is 2. The SMILES string of the molecule is O=C(O)C(F)(F)F.O=C(O)C(F)(F)F.OC1(c2ccccc2)CCN(CCOc2ccc(-c3nc4cc(Br)cnc4[nH]3)cc2)CC1. The van der Waals surface area contributed by atoms with Crippen molar-refractivity contribution in [2.75, 3.05) is 26.2 Å². The first kappa shape index (κ1) is 36.3. The number of imidazole rings is 1. The third kappa shape index (κ3) is 10.7. The number of pyridine rings is 1. The predicted octanol–water partition coefficient (Wildman–Crippen LogP) is 6.02. The van der Waals surface area contributed by atoms with E-state index in [9.17, 15) is 31.4 Å². The Hall–Kier alpha value is -4.22. The number of fused-ring (bicyclic) bond motifs is 1. The summed E-state index contributed by atoms with van der Waals surface area (Å²) in [6, 6.07) is 19.9. The summed E-state index contributed by atoms with van der Waals surface area (Å²) in [5, 5.41) is 25.2. The molecule has 1 aliphatic rings. The molecule has 1 saturated heterocycles. The van der Waals surface area contributed by atoms with Gasteiger partial charge in [-0.1, -0.05) is 30.3 Å². The molecule has 0 saturated carbocycles. The van der Waals surface area contributed by atoms with Gasteiger partial charge < -0.3 is 25.0 Å². The van der Waals surface area contributed by atoms with Crippen LogP contribution in [0.1, 0.15) is 18.4 Å². The number of nitrogens with zero attached hydrogens (tertiary/aromatic N) is 3. The second-order valence-electron chi connectivity index (χ2n) is 9.82. The fraction of sp³-hybridized carbons (Fsp3) is 0.310. The number of aliphatic hydroxyl groups is 1. The van der Waals surface area contributed by atoms with Gasteiger partial charge >= 0.3 is 24.3 Å². The predicted molar refractivity (Wildman–Crippen MR) is 156 cm³/mol. The number of aliphatic carboxylic acids is 2. The first-order valence-electron chi connectivity index (χ1n) is 13.3. The van der Waals surface area contributed by atoms with E-state index < -0.39 is 29.9 Å². The summed E-state index contributed by atoms with van der Waals surface area (Å²) >= 11 is 3.43. The van der Waals surface area contributed by atoms with E-state index in [1.165, 1.54) is 0 Å². The number of halogens is 7. The van der Waals surface area contributed by atoms with Crippen molar-refractivity contribution in [2.24, 2.45) is 0 Å². The average Bonchev–Trinajstić information content (AvgIpc) is 3.42. The molecule has 17 heteroatoms. The van der Waals surface area contributed by atoms with E-state index in [1.807, 2.05) is 60.7 Å². The molecule has 10 nitrogen and oxygen atoms in total. The van der Waals surface area contributed by atoms with E-state index in [4.69, 9.17) is 24.5 Å². The van der Waals surface area contributed by atoms with Gasteiger partial charge in [0.2, 0.25) is 0 Å². The van der Waals surface area contributed by atoms with Crippen LogP contribution in [-0.4, -0.2) is 85.7 Å². The molecule has 2 aromatic carbocycles. The second-order valence-corrected chi connectivity index (χ2v) is 10.7. The fourth-order valence-corrected chi connectivity index (χ4v) is 4.51. The minimum Gasteiger partial charge on any atom is -0.492 e. The van der Waals surface area contributed by atoms with Crippen LogP contribution in [-0.2, 0) is 15.2 Å². The minimum absolute atomic E-state index is 0.617. The molecule has 2 aromatic heterocycles. The molecule has 5 rings (SSSR count). The second kappa shape index (κ2) is 15.4. The Labute approximate surface area is 265 Å². The van der Waals surface area contributed by atoms with Crippen LogP contribution in [0.25, 0.3) is 22.6 Å². The van der Waals surface area contributed by atoms with Gasteiger partial charge in [-0.05, 0) is 64.7 Å². The van der Waals surface area contributed by atoms with Crippen molar-refractivity contribution in [2.45, 2.75) is 30.8 Å². The number of aromatic amines is 1. The fourth-order valence-electron chi connectivity index (χ4n) is 4.19. The van der Waals surface area contributed by atoms with Crippen LogP contribution in [0, 0.1) is 0 Å². The number of alkyl halides is 6. The Morgan fingerprint density at radius 1 is 0.935 bits per heavy atom. The molecule has 4 aromatic rings. The number of carboxylic acid groups (broad SMARTS) is 2. The summed E-state index contributed by atoms with van der Waals surface area (Å²) in [5.41, 5.74) is 2.89. The number of H-pyrrole nitrogens is 1. The molecule has 3 heterocycles. The highest BCUT2D eigenvalue weighted by atomic mass is 79.9. The van der Waals surface area contributed by atoms with Gasteiger partial charge in [-0.3, -0.25) is 4.90 Å². The van der Waals surface area contributed by atoms with E-state index in [2.05, 4.69) is 35.8 Å². The topological polar surface area (TPSA) is 149 Å². The van der Waals surface area contributed by atoms with Crippen LogP contribution in [0.3, 0.4) is 0 Å². The van der Waals surface area contributed by atoms with Crippen LogP contribution in [0.2, 0.25) is 0 Å². The molecule has 0 spiro atoms. The summed E-state index contributed by atoms with van der Waals surface area (Å²) in [4.78, 5) is 32.4. The van der Waals surface area contributed by atoms with Gasteiger partial charge in [0.05, 0.1) is 5.60 Å². The van der Waals surface area contributed by atoms with Crippen molar-refractivity contribution in [3.63, 3.8) is 0 Å². The molecular weight excluding hydrogens is 694 g/mol. The molecule has 0 aliphatic carbocycles. The van der Waals surface area contributed by atoms with Crippen molar-refractivity contribution in [3.8, 4) is 17.1 Å². The van der Waals surface area contributed by atoms with Gasteiger partial charge in [0.25, 0.3) is 0 Å². The number of rotatable bonds is 6. The Kier molecular flexibility index (Phi) is 12.1. The maximum Gasteiger partial charge on any atom is 0.490 e. The summed E-state index contributed by atoms with van der Waals surface area (Å²) in [7, 11) is 0. The third-order valence-corrected chi connectivity index (χ3v) is 7.02. The van der Waals surface area contributed by atoms with Crippen molar-refractivity contribution in [3.05, 3.63) is 76.9 Å². The van der Waals surface area contributed by atoms with Gasteiger partial charge in [0.15, 0.2) is 5.65 Å². The van der Waals surface area contributed by atoms with E-state index in [0.29, 0.717) is 6.61 Å². The highest BCUT2D eigenvalue weighted by Crippen LogP contribution is 2.32. The molecule has 4 N–H and O–H groups in total. The number of hydrogen-bond acceptors (Lipinski definition) is 7. The van der Waals surface area contributed by atoms with Crippen LogP contribution in [0.5, 0.6) is 5.75 Å². The summed E-state index contributed by atoms with van der Waals surface area (Å²) in [6.45, 7) is 3.19. The number of aromatic nitrogens is 3. The van der Waals surface area contributed by atoms with E-state index in [1.54, 1.807) is 6.20 Å². The number of carbonyl (C=O) groups is 2. The maximum atomic E-state index is 11.0. The Balaban J connectivity index is 0.000000345. The van der Waals surface area contributed by atoms with Gasteiger partial charge in [-0.15, -0.1) is 0 Å². The van der Waals surface area contributed by atoms with Crippen LogP contribution in [0.4, 0.5) is 26.3 Å². The van der Waals surface area contributed by atoms with Crippen molar-refractivity contribution < 1.29 is 56.0 Å². The number of carboxylic acids is 2. The lowest BCUT2D eigenvalue weighted by atomic mass is 9.84. The van der Waals surface area contributed by atoms with Gasteiger partial charge in [0.1, 0.15) is 23.7 Å². The molecule has 0 atom stereocenters. The monoisotopic (exact) mass is 720 g/mol. The quantitative estimate of drug-likeness (QED) is 0.176. The van der Waals surface area contributed by atoms with Crippen LogP contribution >= 0.6 is 15.9 Å². The standard InChI is InChI=1S/C25H25BrN4O2.2C2HF3O2/c26-20-16-22-24(27-17-20)29-23(28-22)18-6-8-21(9-7-18)32-15-14-30-12-10-25(31,11-13-30)19-4-2-1-3-5-19;2*3-2(4,5)1(6)7/h1-9,16-17,31H,10-15H2,(H,27,28,29);2*(H,6,7). The number of hydrogen-bond donors (Lipinski definition) is 4. The summed E-state index contributed by atoms with van der Waals surface area (Å²) < 4.78 is 70.3. The molecule has 1 fully saturated rings. The van der Waals surface area contributed by atoms with E-state index >= 15 is 0 Å². The van der Waals surface area contributed by atoms with E-state index in [0.717, 1.165) is 70.8 Å². The number of likely N-dealkylation sites (tertiary alicyclic amines) is 1. The zero-order valence-corrected chi connectivity index (χ0v) is 25.2. The Morgan fingerprint density at radius 2 is 1.48 bits per heavy atom. The first-order chi connectivity index (χ1) is 21.5. The minimum atomic E-state index is -5.08.